The van der Waals surface area contributed by atoms with Gasteiger partial charge in [0.25, 0.3) is 0 Å². The SMILES string of the molecule is CCOC(=O)C(CCN(C)C1CCN(C)CC1)NC(C)C. The van der Waals surface area contributed by atoms with E-state index in [1.165, 1.54) is 25.9 Å². The van der Waals surface area contributed by atoms with Crippen LogP contribution in [0.3, 0.4) is 0 Å². The van der Waals surface area contributed by atoms with Crippen LogP contribution in [0.25, 0.3) is 0 Å². The molecule has 5 heteroatoms. The predicted molar refractivity (Wildman–Crippen MR) is 86.5 cm³/mol. The van der Waals surface area contributed by atoms with Crippen molar-refractivity contribution in [2.45, 2.75) is 58.2 Å². The van der Waals surface area contributed by atoms with E-state index in [0.29, 0.717) is 12.6 Å². The third-order valence-electron chi connectivity index (χ3n) is 4.19. The normalized spacial score (nSPS) is 19.2. The first kappa shape index (κ1) is 18.4. The van der Waals surface area contributed by atoms with Gasteiger partial charge in [0.2, 0.25) is 0 Å². The lowest BCUT2D eigenvalue weighted by atomic mass is 10.0. The van der Waals surface area contributed by atoms with Crippen molar-refractivity contribution in [2.75, 3.05) is 40.3 Å². The zero-order valence-electron chi connectivity index (χ0n) is 14.4. The highest BCUT2D eigenvalue weighted by Crippen LogP contribution is 2.14. The number of hydrogen-bond donors (Lipinski definition) is 1. The Labute approximate surface area is 130 Å². The van der Waals surface area contributed by atoms with Gasteiger partial charge in [-0.1, -0.05) is 13.8 Å². The Morgan fingerprint density at radius 2 is 2.00 bits per heavy atom. The molecule has 0 saturated carbocycles. The molecule has 1 rings (SSSR count). The first-order valence-corrected chi connectivity index (χ1v) is 8.25. The Balaban J connectivity index is 2.41. The average Bonchev–Trinajstić information content (AvgIpc) is 2.43. The number of likely N-dealkylation sites (tertiary alicyclic amines) is 1. The van der Waals surface area contributed by atoms with Crippen molar-refractivity contribution in [3.05, 3.63) is 0 Å². The number of esters is 1. The summed E-state index contributed by atoms with van der Waals surface area (Å²) in [6, 6.07) is 0.731. The standard InChI is InChI=1S/C16H33N3O2/c1-6-21-16(20)15(17-13(2)3)9-12-19(5)14-7-10-18(4)11-8-14/h13-15,17H,6-12H2,1-5H3. The van der Waals surface area contributed by atoms with Crippen LogP contribution in [0.5, 0.6) is 0 Å². The Morgan fingerprint density at radius 1 is 1.38 bits per heavy atom. The molecule has 0 radical (unpaired) electrons. The van der Waals surface area contributed by atoms with Gasteiger partial charge in [-0.25, -0.2) is 0 Å². The smallest absolute Gasteiger partial charge is 0.323 e. The van der Waals surface area contributed by atoms with Crippen LogP contribution in [0.15, 0.2) is 0 Å². The Morgan fingerprint density at radius 3 is 2.52 bits per heavy atom. The number of hydrogen-bond acceptors (Lipinski definition) is 5. The van der Waals surface area contributed by atoms with Crippen LogP contribution in [0.1, 0.15) is 40.0 Å². The summed E-state index contributed by atoms with van der Waals surface area (Å²) in [7, 11) is 4.35. The van der Waals surface area contributed by atoms with Gasteiger partial charge < -0.3 is 19.9 Å². The van der Waals surface area contributed by atoms with Crippen molar-refractivity contribution in [1.29, 1.82) is 0 Å². The summed E-state index contributed by atoms with van der Waals surface area (Å²) in [5, 5.41) is 3.32. The lowest BCUT2D eigenvalue weighted by molar-refractivity contribution is -0.146. The molecule has 5 nitrogen and oxygen atoms in total. The Bertz CT molecular complexity index is 302. The monoisotopic (exact) mass is 299 g/mol. The van der Waals surface area contributed by atoms with E-state index in [9.17, 15) is 4.79 Å². The highest BCUT2D eigenvalue weighted by atomic mass is 16.5. The van der Waals surface area contributed by atoms with Crippen molar-refractivity contribution in [1.82, 2.24) is 15.1 Å². The molecule has 1 atom stereocenters. The van der Waals surface area contributed by atoms with E-state index in [1.54, 1.807) is 0 Å². The third-order valence-corrected chi connectivity index (χ3v) is 4.19. The van der Waals surface area contributed by atoms with Gasteiger partial charge in [-0.05, 0) is 53.4 Å². The number of carbonyl (C=O) groups is 1. The van der Waals surface area contributed by atoms with Gasteiger partial charge in [0.05, 0.1) is 6.61 Å². The summed E-state index contributed by atoms with van der Waals surface area (Å²) in [5.41, 5.74) is 0. The zero-order chi connectivity index (χ0) is 15.8. The van der Waals surface area contributed by atoms with E-state index >= 15 is 0 Å². The van der Waals surface area contributed by atoms with Crippen LogP contribution in [-0.4, -0.2) is 74.2 Å². The molecule has 1 fully saturated rings. The largest absolute Gasteiger partial charge is 0.465 e. The van der Waals surface area contributed by atoms with Crippen molar-refractivity contribution in [3.63, 3.8) is 0 Å². The van der Waals surface area contributed by atoms with Crippen LogP contribution in [-0.2, 0) is 9.53 Å². The maximum Gasteiger partial charge on any atom is 0.323 e. The fourth-order valence-corrected chi connectivity index (χ4v) is 2.87. The maximum atomic E-state index is 12.0. The molecule has 1 aliphatic heterocycles. The van der Waals surface area contributed by atoms with Crippen molar-refractivity contribution in [3.8, 4) is 0 Å². The molecule has 0 bridgehead atoms. The molecule has 0 aromatic carbocycles. The van der Waals surface area contributed by atoms with Crippen LogP contribution >= 0.6 is 0 Å². The molecule has 0 amide bonds. The second-order valence-electron chi connectivity index (χ2n) is 6.43. The average molecular weight is 299 g/mol. The molecule has 0 aliphatic carbocycles. The molecule has 1 heterocycles. The number of piperidine rings is 1. The summed E-state index contributed by atoms with van der Waals surface area (Å²) >= 11 is 0. The van der Waals surface area contributed by atoms with E-state index in [0.717, 1.165) is 13.0 Å². The molecule has 0 aromatic heterocycles. The van der Waals surface area contributed by atoms with Crippen LogP contribution < -0.4 is 5.32 Å². The van der Waals surface area contributed by atoms with E-state index in [4.69, 9.17) is 4.74 Å². The van der Waals surface area contributed by atoms with Gasteiger partial charge in [-0.2, -0.15) is 0 Å². The first-order valence-electron chi connectivity index (χ1n) is 8.25. The molecule has 0 spiro atoms. The molecular formula is C16H33N3O2. The first-order chi connectivity index (χ1) is 9.93. The molecule has 124 valence electrons. The fraction of sp³-hybridized carbons (Fsp3) is 0.938. The summed E-state index contributed by atoms with van der Waals surface area (Å²) in [6.07, 6.45) is 3.24. The maximum absolute atomic E-state index is 12.0. The Kier molecular flexibility index (Phi) is 8.22. The predicted octanol–water partition coefficient (Wildman–Crippen LogP) is 1.33. The number of nitrogens with one attached hydrogen (secondary N) is 1. The highest BCUT2D eigenvalue weighted by Gasteiger charge is 2.24. The minimum absolute atomic E-state index is 0.122. The van der Waals surface area contributed by atoms with Gasteiger partial charge in [0.1, 0.15) is 6.04 Å². The topological polar surface area (TPSA) is 44.8 Å². The van der Waals surface area contributed by atoms with Gasteiger partial charge in [-0.15, -0.1) is 0 Å². The molecule has 1 unspecified atom stereocenters. The lowest BCUT2D eigenvalue weighted by Gasteiger charge is -2.35. The lowest BCUT2D eigenvalue weighted by Crippen LogP contribution is -2.46. The number of nitrogens with zero attached hydrogens (tertiary/aromatic N) is 2. The molecule has 0 aromatic rings. The molecule has 1 aliphatic rings. The molecule has 1 saturated heterocycles. The number of rotatable bonds is 8. The van der Waals surface area contributed by atoms with Gasteiger partial charge in [0.15, 0.2) is 0 Å². The molecular weight excluding hydrogens is 266 g/mol. The van der Waals surface area contributed by atoms with Crippen LogP contribution in [0.4, 0.5) is 0 Å². The van der Waals surface area contributed by atoms with Gasteiger partial charge in [0, 0.05) is 18.6 Å². The Hall–Kier alpha value is -0.650. The minimum atomic E-state index is -0.196. The van der Waals surface area contributed by atoms with Crippen molar-refractivity contribution >= 4 is 5.97 Å². The number of carbonyl (C=O) groups excluding carboxylic acids is 1. The van der Waals surface area contributed by atoms with E-state index in [2.05, 4.69) is 43.1 Å². The van der Waals surface area contributed by atoms with E-state index in [-0.39, 0.29) is 18.1 Å². The quantitative estimate of drug-likeness (QED) is 0.685. The zero-order valence-corrected chi connectivity index (χ0v) is 14.4. The molecule has 1 N–H and O–H groups in total. The highest BCUT2D eigenvalue weighted by molar-refractivity contribution is 5.75. The summed E-state index contributed by atoms with van der Waals surface area (Å²) in [4.78, 5) is 16.8. The second kappa shape index (κ2) is 9.38. The third kappa shape index (κ3) is 6.76. The van der Waals surface area contributed by atoms with E-state index in [1.807, 2.05) is 6.92 Å². The summed E-state index contributed by atoms with van der Waals surface area (Å²) in [6.45, 7) is 9.69. The van der Waals surface area contributed by atoms with Crippen molar-refractivity contribution in [2.24, 2.45) is 0 Å². The van der Waals surface area contributed by atoms with Crippen LogP contribution in [0.2, 0.25) is 0 Å². The van der Waals surface area contributed by atoms with Gasteiger partial charge in [-0.3, -0.25) is 4.79 Å². The second-order valence-corrected chi connectivity index (χ2v) is 6.43. The fourth-order valence-electron chi connectivity index (χ4n) is 2.87. The summed E-state index contributed by atoms with van der Waals surface area (Å²) < 4.78 is 5.17. The summed E-state index contributed by atoms with van der Waals surface area (Å²) in [5.74, 6) is -0.122. The van der Waals surface area contributed by atoms with E-state index < -0.39 is 0 Å². The van der Waals surface area contributed by atoms with Crippen LogP contribution in [0, 0.1) is 0 Å². The number of ether oxygens (including phenoxy) is 1. The van der Waals surface area contributed by atoms with Crippen molar-refractivity contribution < 1.29 is 9.53 Å². The molecule has 21 heavy (non-hydrogen) atoms. The minimum Gasteiger partial charge on any atom is -0.465 e. The van der Waals surface area contributed by atoms with Gasteiger partial charge >= 0.3 is 5.97 Å².